The number of nitro benzene ring substituents is 1. The summed E-state index contributed by atoms with van der Waals surface area (Å²) < 4.78 is 2.65. The molecule has 134 valence electrons. The van der Waals surface area contributed by atoms with Gasteiger partial charge in [0.1, 0.15) is 0 Å². The lowest BCUT2D eigenvalue weighted by atomic mass is 10.1. The molecule has 2 aromatic carbocycles. The number of nitrogens with zero attached hydrogens (tertiary/aromatic N) is 3. The molecular weight excluding hydrogens is 370 g/mol. The minimum Gasteiger partial charge on any atom is -0.317 e. The molecule has 0 saturated carbocycles. The molecule has 1 aromatic heterocycles. The summed E-state index contributed by atoms with van der Waals surface area (Å²) in [7, 11) is 0. The number of rotatable bonds is 5. The number of aromatic nitrogens is 1. The van der Waals surface area contributed by atoms with Gasteiger partial charge in [0, 0.05) is 23.6 Å². The van der Waals surface area contributed by atoms with Crippen molar-refractivity contribution in [2.24, 2.45) is 4.99 Å². The number of hydrogen-bond donors (Lipinski definition) is 0. The molecule has 0 spiro atoms. The number of aryl methyl sites for hydroxylation is 1. The van der Waals surface area contributed by atoms with Crippen molar-refractivity contribution in [1.29, 1.82) is 0 Å². The molecule has 6 nitrogen and oxygen atoms in total. The molecule has 0 bridgehead atoms. The van der Waals surface area contributed by atoms with Gasteiger partial charge in [-0.15, -0.1) is 11.8 Å². The summed E-state index contributed by atoms with van der Waals surface area (Å²) in [6.07, 6.45) is 2.23. The molecule has 0 fully saturated rings. The van der Waals surface area contributed by atoms with E-state index in [1.54, 1.807) is 17.8 Å². The second-order valence-electron chi connectivity index (χ2n) is 5.57. The Kier molecular flexibility index (Phi) is 5.53. The van der Waals surface area contributed by atoms with E-state index < -0.39 is 4.92 Å². The van der Waals surface area contributed by atoms with E-state index in [1.807, 2.05) is 42.0 Å². The molecule has 0 saturated heterocycles. The number of benzene rings is 2. The lowest BCUT2D eigenvalue weighted by Crippen LogP contribution is -2.16. The van der Waals surface area contributed by atoms with Gasteiger partial charge in [-0.3, -0.25) is 14.9 Å². The minimum atomic E-state index is -0.421. The molecule has 8 heteroatoms. The number of thioether (sulfide) groups is 1. The van der Waals surface area contributed by atoms with Crippen LogP contribution in [0.4, 0.5) is 5.69 Å². The van der Waals surface area contributed by atoms with Crippen LogP contribution in [0.5, 0.6) is 0 Å². The van der Waals surface area contributed by atoms with E-state index in [4.69, 9.17) is 0 Å². The molecule has 1 amide bonds. The molecule has 0 aliphatic rings. The first-order valence-electron chi connectivity index (χ1n) is 8.00. The van der Waals surface area contributed by atoms with Crippen LogP contribution in [0.15, 0.2) is 52.4 Å². The molecule has 1 heterocycles. The first kappa shape index (κ1) is 18.3. The van der Waals surface area contributed by atoms with Gasteiger partial charge in [0.15, 0.2) is 4.80 Å². The number of non-ortho nitro benzene ring substituents is 1. The number of thiazole rings is 1. The Bertz CT molecular complexity index is 1040. The van der Waals surface area contributed by atoms with Crippen LogP contribution in [0.3, 0.4) is 0 Å². The topological polar surface area (TPSA) is 77.5 Å². The Morgan fingerprint density at radius 1 is 1.27 bits per heavy atom. The Morgan fingerprint density at radius 3 is 2.62 bits per heavy atom. The van der Waals surface area contributed by atoms with Crippen LogP contribution in [0.25, 0.3) is 10.2 Å². The highest BCUT2D eigenvalue weighted by atomic mass is 32.2. The van der Waals surface area contributed by atoms with E-state index in [-0.39, 0.29) is 18.0 Å². The lowest BCUT2D eigenvalue weighted by Gasteiger charge is -2.01. The highest BCUT2D eigenvalue weighted by molar-refractivity contribution is 7.98. The van der Waals surface area contributed by atoms with Crippen molar-refractivity contribution in [3.8, 4) is 0 Å². The first-order valence-corrected chi connectivity index (χ1v) is 10.0. The summed E-state index contributed by atoms with van der Waals surface area (Å²) in [6, 6.07) is 12.5. The van der Waals surface area contributed by atoms with E-state index >= 15 is 0 Å². The molecule has 0 radical (unpaired) electrons. The van der Waals surface area contributed by atoms with Gasteiger partial charge in [-0.05, 0) is 36.9 Å². The first-order chi connectivity index (χ1) is 12.5. The normalized spacial score (nSPS) is 11.8. The zero-order chi connectivity index (χ0) is 18.7. The van der Waals surface area contributed by atoms with Gasteiger partial charge < -0.3 is 4.57 Å². The summed E-state index contributed by atoms with van der Waals surface area (Å²) in [4.78, 5) is 28.9. The fourth-order valence-corrected chi connectivity index (χ4v) is 4.18. The van der Waals surface area contributed by atoms with Gasteiger partial charge in [0.05, 0.1) is 21.6 Å². The molecule has 3 aromatic rings. The van der Waals surface area contributed by atoms with Crippen LogP contribution in [0.2, 0.25) is 0 Å². The van der Waals surface area contributed by atoms with Crippen molar-refractivity contribution in [3.05, 3.63) is 62.9 Å². The molecule has 26 heavy (non-hydrogen) atoms. The van der Waals surface area contributed by atoms with Crippen LogP contribution >= 0.6 is 23.1 Å². The number of amides is 1. The van der Waals surface area contributed by atoms with Crippen LogP contribution < -0.4 is 4.80 Å². The fourth-order valence-electron chi connectivity index (χ4n) is 2.63. The smallest absolute Gasteiger partial charge is 0.270 e. The van der Waals surface area contributed by atoms with Gasteiger partial charge in [-0.1, -0.05) is 23.5 Å². The number of carbonyl (C=O) groups excluding carboxylic acids is 1. The average Bonchev–Trinajstić information content (AvgIpc) is 2.98. The summed E-state index contributed by atoms with van der Waals surface area (Å²) in [6.45, 7) is 2.59. The maximum atomic E-state index is 12.4. The molecule has 0 aliphatic heterocycles. The van der Waals surface area contributed by atoms with Crippen LogP contribution in [-0.4, -0.2) is 21.7 Å². The van der Waals surface area contributed by atoms with Crippen LogP contribution in [-0.2, 0) is 17.8 Å². The van der Waals surface area contributed by atoms with Gasteiger partial charge in [0.25, 0.3) is 11.6 Å². The predicted molar refractivity (Wildman–Crippen MR) is 105 cm³/mol. The van der Waals surface area contributed by atoms with Crippen LogP contribution in [0.1, 0.15) is 12.5 Å². The Morgan fingerprint density at radius 2 is 2.00 bits per heavy atom. The van der Waals surface area contributed by atoms with Crippen molar-refractivity contribution in [3.63, 3.8) is 0 Å². The maximum absolute atomic E-state index is 12.4. The van der Waals surface area contributed by atoms with Crippen LogP contribution in [0, 0.1) is 10.1 Å². The highest BCUT2D eigenvalue weighted by Gasteiger charge is 2.12. The van der Waals surface area contributed by atoms with Crippen molar-refractivity contribution >= 4 is 44.9 Å². The molecular formula is C18H17N3O3S2. The zero-order valence-electron chi connectivity index (χ0n) is 14.3. The number of carbonyl (C=O) groups is 1. The van der Waals surface area contributed by atoms with E-state index in [0.29, 0.717) is 11.3 Å². The lowest BCUT2D eigenvalue weighted by molar-refractivity contribution is -0.384. The Hall–Kier alpha value is -2.45. The van der Waals surface area contributed by atoms with E-state index in [2.05, 4.69) is 4.99 Å². The average molecular weight is 387 g/mol. The van der Waals surface area contributed by atoms with Gasteiger partial charge in [0.2, 0.25) is 0 Å². The standard InChI is InChI=1S/C18H17N3O3S2/c1-3-20-15-9-6-13(21(23)24)11-16(15)26-18(20)19-17(22)10-12-4-7-14(25-2)8-5-12/h4-9,11H,3,10H2,1-2H3. The van der Waals surface area contributed by atoms with E-state index in [0.717, 1.165) is 20.7 Å². The molecule has 0 atom stereocenters. The second-order valence-corrected chi connectivity index (χ2v) is 7.46. The minimum absolute atomic E-state index is 0.0359. The number of fused-ring (bicyclic) bond motifs is 1. The third-order valence-electron chi connectivity index (χ3n) is 3.93. The molecule has 0 unspecified atom stereocenters. The van der Waals surface area contributed by atoms with Crippen molar-refractivity contribution < 1.29 is 9.72 Å². The van der Waals surface area contributed by atoms with Crippen molar-refractivity contribution in [2.45, 2.75) is 24.8 Å². The number of nitro groups is 1. The molecule has 0 aliphatic carbocycles. The monoisotopic (exact) mass is 387 g/mol. The van der Waals surface area contributed by atoms with Crippen molar-refractivity contribution in [2.75, 3.05) is 6.26 Å². The van der Waals surface area contributed by atoms with Gasteiger partial charge in [-0.2, -0.15) is 4.99 Å². The fraction of sp³-hybridized carbons (Fsp3) is 0.222. The summed E-state index contributed by atoms with van der Waals surface area (Å²) in [5, 5.41) is 11.0. The molecule has 0 N–H and O–H groups in total. The second kappa shape index (κ2) is 7.84. The Balaban J connectivity index is 1.94. The van der Waals surface area contributed by atoms with E-state index in [9.17, 15) is 14.9 Å². The molecule has 3 rings (SSSR count). The Labute approximate surface area is 158 Å². The number of hydrogen-bond acceptors (Lipinski definition) is 5. The summed E-state index contributed by atoms with van der Waals surface area (Å²) in [5.41, 5.74) is 1.80. The summed E-state index contributed by atoms with van der Waals surface area (Å²) >= 11 is 2.94. The third kappa shape index (κ3) is 3.86. The summed E-state index contributed by atoms with van der Waals surface area (Å²) in [5.74, 6) is -0.231. The maximum Gasteiger partial charge on any atom is 0.270 e. The highest BCUT2D eigenvalue weighted by Crippen LogP contribution is 2.23. The predicted octanol–water partition coefficient (Wildman–Crippen LogP) is 4.02. The quantitative estimate of drug-likeness (QED) is 0.376. The zero-order valence-corrected chi connectivity index (χ0v) is 16.0. The largest absolute Gasteiger partial charge is 0.317 e. The third-order valence-corrected chi connectivity index (χ3v) is 5.71. The van der Waals surface area contributed by atoms with Gasteiger partial charge >= 0.3 is 0 Å². The van der Waals surface area contributed by atoms with E-state index in [1.165, 1.54) is 23.5 Å². The van der Waals surface area contributed by atoms with Gasteiger partial charge in [-0.25, -0.2) is 0 Å². The van der Waals surface area contributed by atoms with Crippen molar-refractivity contribution in [1.82, 2.24) is 4.57 Å². The SMILES string of the molecule is CCn1c(=NC(=O)Cc2ccc(SC)cc2)sc2cc([N+](=O)[O-])ccc21.